The molecule has 0 fully saturated rings. The molecule has 0 aliphatic heterocycles. The first-order valence-electron chi connectivity index (χ1n) is 11.2. The quantitative estimate of drug-likeness (QED) is 0.251. The number of rotatable bonds is 2. The molecule has 0 N–H and O–H groups in total. The van der Waals surface area contributed by atoms with Crippen molar-refractivity contribution in [1.29, 1.82) is 0 Å². The minimum Gasteiger partial charge on any atom is -0.0620 e. The van der Waals surface area contributed by atoms with Crippen molar-refractivity contribution in [2.24, 2.45) is 0 Å². The Balaban J connectivity index is 1.74. The fraction of sp³-hybridized carbons (Fsp3) is 0.0625. The van der Waals surface area contributed by atoms with Crippen LogP contribution in [0.1, 0.15) is 11.1 Å². The highest BCUT2D eigenvalue weighted by atomic mass is 14.2. The number of hydrogen-bond acceptors (Lipinski definition) is 0. The lowest BCUT2D eigenvalue weighted by atomic mass is 9.89. The molecule has 0 aliphatic rings. The van der Waals surface area contributed by atoms with Crippen molar-refractivity contribution in [3.05, 3.63) is 120 Å². The third-order valence-corrected chi connectivity index (χ3v) is 6.75. The van der Waals surface area contributed by atoms with E-state index in [2.05, 4.69) is 123 Å². The molecule has 0 saturated heterocycles. The first-order valence-corrected chi connectivity index (χ1v) is 11.2. The van der Waals surface area contributed by atoms with E-state index in [9.17, 15) is 0 Å². The minimum atomic E-state index is 1.27. The van der Waals surface area contributed by atoms with Crippen molar-refractivity contribution < 1.29 is 0 Å². The van der Waals surface area contributed by atoms with Crippen LogP contribution in [0.5, 0.6) is 0 Å². The summed E-state index contributed by atoms with van der Waals surface area (Å²) in [6, 6.07) is 40.0. The Morgan fingerprint density at radius 1 is 0.344 bits per heavy atom. The molecule has 0 radical (unpaired) electrons. The summed E-state index contributed by atoms with van der Waals surface area (Å²) in [5, 5.41) is 7.88. The van der Waals surface area contributed by atoms with Crippen LogP contribution in [0.2, 0.25) is 0 Å². The van der Waals surface area contributed by atoms with Gasteiger partial charge in [-0.15, -0.1) is 0 Å². The molecule has 32 heavy (non-hydrogen) atoms. The molecule has 0 saturated carbocycles. The average molecular weight is 409 g/mol. The van der Waals surface area contributed by atoms with Crippen LogP contribution in [-0.4, -0.2) is 0 Å². The Labute approximate surface area is 188 Å². The van der Waals surface area contributed by atoms with Crippen molar-refractivity contribution >= 4 is 32.3 Å². The van der Waals surface area contributed by atoms with Gasteiger partial charge in [0, 0.05) is 0 Å². The second kappa shape index (κ2) is 7.35. The van der Waals surface area contributed by atoms with Gasteiger partial charge in [-0.25, -0.2) is 0 Å². The maximum atomic E-state index is 2.38. The third-order valence-electron chi connectivity index (χ3n) is 6.75. The van der Waals surface area contributed by atoms with Crippen LogP contribution in [0.4, 0.5) is 0 Å². The highest BCUT2D eigenvalue weighted by Crippen LogP contribution is 2.39. The monoisotopic (exact) mass is 408 g/mol. The zero-order chi connectivity index (χ0) is 21.7. The van der Waals surface area contributed by atoms with Crippen molar-refractivity contribution in [3.8, 4) is 22.3 Å². The zero-order valence-corrected chi connectivity index (χ0v) is 18.4. The number of hydrogen-bond donors (Lipinski definition) is 0. The first-order chi connectivity index (χ1) is 15.7. The maximum Gasteiger partial charge on any atom is -0.00926 e. The van der Waals surface area contributed by atoms with Crippen LogP contribution >= 0.6 is 0 Å². The molecule has 0 unspecified atom stereocenters. The molecule has 152 valence electrons. The summed E-state index contributed by atoms with van der Waals surface area (Å²) in [5.41, 5.74) is 7.74. The Morgan fingerprint density at radius 2 is 0.719 bits per heavy atom. The second-order valence-electron chi connectivity index (χ2n) is 8.70. The van der Waals surface area contributed by atoms with Gasteiger partial charge in [0.2, 0.25) is 0 Å². The standard InChI is InChI=1S/C32H24/c1-21-9-3-5-11-25(21)23-15-17-29-27-13-7-8-14-28(27)30-18-16-24(20-32(30)31(29)19-23)26-12-6-4-10-22(26)2/h3-20H,1-2H3. The molecule has 0 spiro atoms. The van der Waals surface area contributed by atoms with Gasteiger partial charge < -0.3 is 0 Å². The minimum absolute atomic E-state index is 1.27. The van der Waals surface area contributed by atoms with Gasteiger partial charge in [-0.3, -0.25) is 0 Å². The summed E-state index contributed by atoms with van der Waals surface area (Å²) in [7, 11) is 0. The molecule has 6 rings (SSSR count). The van der Waals surface area contributed by atoms with Gasteiger partial charge >= 0.3 is 0 Å². The molecular weight excluding hydrogens is 384 g/mol. The van der Waals surface area contributed by atoms with Crippen LogP contribution in [0.3, 0.4) is 0 Å². The topological polar surface area (TPSA) is 0 Å². The Hall–Kier alpha value is -3.90. The predicted molar refractivity (Wildman–Crippen MR) is 139 cm³/mol. The predicted octanol–water partition coefficient (Wildman–Crippen LogP) is 9.10. The van der Waals surface area contributed by atoms with E-state index in [0.29, 0.717) is 0 Å². The van der Waals surface area contributed by atoms with Crippen LogP contribution < -0.4 is 0 Å². The Morgan fingerprint density at radius 3 is 1.16 bits per heavy atom. The van der Waals surface area contributed by atoms with Crippen LogP contribution in [0.15, 0.2) is 109 Å². The van der Waals surface area contributed by atoms with Gasteiger partial charge in [-0.2, -0.15) is 0 Å². The van der Waals surface area contributed by atoms with Crippen LogP contribution in [-0.2, 0) is 0 Å². The van der Waals surface area contributed by atoms with Crippen molar-refractivity contribution in [3.63, 3.8) is 0 Å². The maximum absolute atomic E-state index is 2.38. The molecule has 0 heteroatoms. The van der Waals surface area contributed by atoms with Crippen molar-refractivity contribution in [2.45, 2.75) is 13.8 Å². The lowest BCUT2D eigenvalue weighted by molar-refractivity contribution is 1.46. The molecule has 0 atom stereocenters. The average Bonchev–Trinajstić information content (AvgIpc) is 2.84. The largest absolute Gasteiger partial charge is 0.0620 e. The van der Waals surface area contributed by atoms with Gasteiger partial charge in [-0.05, 0) is 91.7 Å². The molecule has 0 aromatic heterocycles. The summed E-state index contributed by atoms with van der Waals surface area (Å²) >= 11 is 0. The summed E-state index contributed by atoms with van der Waals surface area (Å²) < 4.78 is 0. The van der Waals surface area contributed by atoms with E-state index in [1.165, 1.54) is 65.7 Å². The van der Waals surface area contributed by atoms with Crippen molar-refractivity contribution in [2.75, 3.05) is 0 Å². The summed E-state index contributed by atoms with van der Waals surface area (Å²) in [4.78, 5) is 0. The highest BCUT2D eigenvalue weighted by molar-refractivity contribution is 6.26. The van der Waals surface area contributed by atoms with Gasteiger partial charge in [0.15, 0.2) is 0 Å². The SMILES string of the molecule is Cc1ccccc1-c1ccc2c3ccccc3c3ccc(-c4ccccc4C)cc3c2c1. The van der Waals surface area contributed by atoms with Gasteiger partial charge in [-0.1, -0.05) is 97.1 Å². The van der Waals surface area contributed by atoms with E-state index in [-0.39, 0.29) is 0 Å². The molecule has 0 nitrogen and oxygen atoms in total. The lowest BCUT2D eigenvalue weighted by Crippen LogP contribution is -1.88. The zero-order valence-electron chi connectivity index (χ0n) is 18.4. The van der Waals surface area contributed by atoms with E-state index >= 15 is 0 Å². The van der Waals surface area contributed by atoms with E-state index < -0.39 is 0 Å². The molecular formula is C32H24. The number of benzene rings is 6. The number of aryl methyl sites for hydroxylation is 2. The molecule has 0 heterocycles. The van der Waals surface area contributed by atoms with Crippen molar-refractivity contribution in [1.82, 2.24) is 0 Å². The van der Waals surface area contributed by atoms with E-state index in [4.69, 9.17) is 0 Å². The normalized spacial score (nSPS) is 11.4. The summed E-state index contributed by atoms with van der Waals surface area (Å²) in [6.45, 7) is 4.38. The van der Waals surface area contributed by atoms with E-state index in [1.807, 2.05) is 0 Å². The third kappa shape index (κ3) is 2.92. The van der Waals surface area contributed by atoms with E-state index in [0.717, 1.165) is 0 Å². The summed E-state index contributed by atoms with van der Waals surface area (Å²) in [6.07, 6.45) is 0. The van der Waals surface area contributed by atoms with Crippen LogP contribution in [0, 0.1) is 13.8 Å². The molecule has 0 bridgehead atoms. The molecule has 6 aromatic carbocycles. The fourth-order valence-corrected chi connectivity index (χ4v) is 5.09. The molecule has 6 aromatic rings. The molecule has 0 aliphatic carbocycles. The first kappa shape index (κ1) is 18.8. The fourth-order valence-electron chi connectivity index (χ4n) is 5.09. The summed E-state index contributed by atoms with van der Waals surface area (Å²) in [5.74, 6) is 0. The Kier molecular flexibility index (Phi) is 4.33. The Bertz CT molecular complexity index is 1510. The van der Waals surface area contributed by atoms with Gasteiger partial charge in [0.05, 0.1) is 0 Å². The second-order valence-corrected chi connectivity index (χ2v) is 8.70. The van der Waals surface area contributed by atoms with Gasteiger partial charge in [0.1, 0.15) is 0 Å². The number of fused-ring (bicyclic) bond motifs is 6. The van der Waals surface area contributed by atoms with Gasteiger partial charge in [0.25, 0.3) is 0 Å². The lowest BCUT2D eigenvalue weighted by Gasteiger charge is -2.14. The highest BCUT2D eigenvalue weighted by Gasteiger charge is 2.12. The van der Waals surface area contributed by atoms with Crippen LogP contribution in [0.25, 0.3) is 54.6 Å². The molecule has 0 amide bonds. The van der Waals surface area contributed by atoms with E-state index in [1.54, 1.807) is 0 Å². The smallest absolute Gasteiger partial charge is 0.00926 e.